The first-order chi connectivity index (χ1) is 12.1. The smallest absolute Gasteiger partial charge is 0.269 e. The summed E-state index contributed by atoms with van der Waals surface area (Å²) >= 11 is 0. The van der Waals surface area contributed by atoms with Crippen molar-refractivity contribution in [3.63, 3.8) is 0 Å². The van der Waals surface area contributed by atoms with E-state index in [9.17, 15) is 10.1 Å². The Hall–Kier alpha value is -1.62. The van der Waals surface area contributed by atoms with E-state index in [1.165, 1.54) is 25.0 Å². The molecule has 0 aromatic heterocycles. The zero-order chi connectivity index (χ0) is 18.1. The highest BCUT2D eigenvalue weighted by atomic mass is 127. The number of non-ortho nitro benzene ring substituents is 1. The number of hydrogen-bond donors (Lipinski definition) is 2. The van der Waals surface area contributed by atoms with Gasteiger partial charge in [0, 0.05) is 58.2 Å². The molecule has 0 radical (unpaired) electrons. The summed E-state index contributed by atoms with van der Waals surface area (Å²) in [7, 11) is 3.74. The van der Waals surface area contributed by atoms with Crippen molar-refractivity contribution >= 4 is 41.3 Å². The second-order valence-electron chi connectivity index (χ2n) is 6.14. The first-order valence-electron chi connectivity index (χ1n) is 8.58. The molecule has 1 aromatic carbocycles. The third-order valence-corrected chi connectivity index (χ3v) is 4.01. The van der Waals surface area contributed by atoms with Crippen LogP contribution < -0.4 is 10.6 Å². The Labute approximate surface area is 171 Å². The van der Waals surface area contributed by atoms with Crippen molar-refractivity contribution in [2.24, 2.45) is 10.9 Å². The van der Waals surface area contributed by atoms with Crippen LogP contribution >= 0.6 is 24.0 Å². The van der Waals surface area contributed by atoms with Gasteiger partial charge in [0.15, 0.2) is 5.96 Å². The number of nitrogens with zero attached hydrogens (tertiary/aromatic N) is 3. The second-order valence-corrected chi connectivity index (χ2v) is 6.14. The highest BCUT2D eigenvalue weighted by Crippen LogP contribution is 2.28. The molecule has 1 fully saturated rings. The fourth-order valence-corrected chi connectivity index (χ4v) is 2.31. The van der Waals surface area contributed by atoms with Crippen LogP contribution in [0.4, 0.5) is 11.4 Å². The summed E-state index contributed by atoms with van der Waals surface area (Å²) in [5, 5.41) is 17.1. The maximum atomic E-state index is 10.6. The number of aliphatic imine (C=N–C) groups is 1. The monoisotopic (exact) mass is 477 g/mol. The zero-order valence-corrected chi connectivity index (χ0v) is 17.6. The summed E-state index contributed by atoms with van der Waals surface area (Å²) in [6, 6.07) is 6.39. The van der Waals surface area contributed by atoms with Gasteiger partial charge in [0.05, 0.1) is 11.5 Å². The summed E-state index contributed by atoms with van der Waals surface area (Å²) in [6.45, 7) is 3.75. The lowest BCUT2D eigenvalue weighted by molar-refractivity contribution is -0.384. The van der Waals surface area contributed by atoms with E-state index >= 15 is 0 Å². The summed E-state index contributed by atoms with van der Waals surface area (Å²) < 4.78 is 5.65. The Morgan fingerprint density at radius 1 is 1.35 bits per heavy atom. The predicted octanol–water partition coefficient (Wildman–Crippen LogP) is 2.56. The van der Waals surface area contributed by atoms with Gasteiger partial charge >= 0.3 is 0 Å². The SMILES string of the molecule is CN=C(NCCNc1ccc([N+](=O)[O-])cc1)N(C)CCOCC1CC1.I. The fourth-order valence-electron chi connectivity index (χ4n) is 2.31. The Bertz CT molecular complexity index is 578. The largest absolute Gasteiger partial charge is 0.383 e. The van der Waals surface area contributed by atoms with Crippen molar-refractivity contribution in [2.75, 3.05) is 52.3 Å². The quantitative estimate of drug-likeness (QED) is 0.134. The third kappa shape index (κ3) is 8.17. The molecule has 0 saturated heterocycles. The van der Waals surface area contributed by atoms with Crippen LogP contribution in [-0.4, -0.2) is 62.7 Å². The molecule has 0 spiro atoms. The van der Waals surface area contributed by atoms with Crippen molar-refractivity contribution in [3.05, 3.63) is 34.4 Å². The molecular formula is C17H28IN5O3. The lowest BCUT2D eigenvalue weighted by atomic mass is 10.3. The van der Waals surface area contributed by atoms with Crippen LogP contribution in [0.1, 0.15) is 12.8 Å². The Morgan fingerprint density at radius 2 is 2.04 bits per heavy atom. The van der Waals surface area contributed by atoms with Crippen LogP contribution in [-0.2, 0) is 4.74 Å². The lowest BCUT2D eigenvalue weighted by Gasteiger charge is -2.22. The minimum Gasteiger partial charge on any atom is -0.383 e. The van der Waals surface area contributed by atoms with Gasteiger partial charge in [-0.2, -0.15) is 0 Å². The average molecular weight is 477 g/mol. The first-order valence-corrected chi connectivity index (χ1v) is 8.58. The first kappa shape index (κ1) is 22.4. The van der Waals surface area contributed by atoms with Crippen LogP contribution in [0.3, 0.4) is 0 Å². The molecule has 2 rings (SSSR count). The number of halogens is 1. The van der Waals surface area contributed by atoms with Gasteiger partial charge in [-0.05, 0) is 30.9 Å². The number of nitrogens with one attached hydrogen (secondary N) is 2. The fraction of sp³-hybridized carbons (Fsp3) is 0.588. The Morgan fingerprint density at radius 3 is 2.62 bits per heavy atom. The molecule has 0 aliphatic heterocycles. The van der Waals surface area contributed by atoms with Crippen LogP contribution in [0, 0.1) is 16.0 Å². The van der Waals surface area contributed by atoms with Crippen LogP contribution in [0.5, 0.6) is 0 Å². The Balaban J connectivity index is 0.00000338. The van der Waals surface area contributed by atoms with Gasteiger partial charge in [0.25, 0.3) is 5.69 Å². The molecule has 1 aliphatic carbocycles. The van der Waals surface area contributed by atoms with E-state index in [1.807, 2.05) is 11.9 Å². The van der Waals surface area contributed by atoms with E-state index in [2.05, 4.69) is 15.6 Å². The van der Waals surface area contributed by atoms with Crippen LogP contribution in [0.2, 0.25) is 0 Å². The zero-order valence-electron chi connectivity index (χ0n) is 15.3. The number of likely N-dealkylation sites (N-methyl/N-ethyl adjacent to an activating group) is 1. The molecule has 0 bridgehead atoms. The van der Waals surface area contributed by atoms with Crippen molar-refractivity contribution in [1.29, 1.82) is 0 Å². The summed E-state index contributed by atoms with van der Waals surface area (Å²) in [4.78, 5) is 16.5. The number of rotatable bonds is 10. The molecule has 1 aliphatic rings. The number of hydrogen-bond acceptors (Lipinski definition) is 5. The number of benzene rings is 1. The van der Waals surface area contributed by atoms with Gasteiger partial charge in [0.1, 0.15) is 0 Å². The molecular weight excluding hydrogens is 449 g/mol. The van der Waals surface area contributed by atoms with Gasteiger partial charge < -0.3 is 20.3 Å². The maximum absolute atomic E-state index is 10.6. The van der Waals surface area contributed by atoms with Gasteiger partial charge in [-0.1, -0.05) is 0 Å². The van der Waals surface area contributed by atoms with E-state index in [-0.39, 0.29) is 29.7 Å². The molecule has 26 heavy (non-hydrogen) atoms. The van der Waals surface area contributed by atoms with E-state index in [0.717, 1.165) is 30.7 Å². The number of nitro benzene ring substituents is 1. The molecule has 1 aromatic rings. The van der Waals surface area contributed by atoms with Crippen molar-refractivity contribution in [2.45, 2.75) is 12.8 Å². The number of guanidine groups is 1. The second kappa shape index (κ2) is 11.9. The average Bonchev–Trinajstić information content (AvgIpc) is 3.43. The summed E-state index contributed by atoms with van der Waals surface area (Å²) in [5.74, 6) is 1.61. The van der Waals surface area contributed by atoms with Crippen LogP contribution in [0.25, 0.3) is 0 Å². The van der Waals surface area contributed by atoms with Gasteiger partial charge in [0.2, 0.25) is 0 Å². The number of anilines is 1. The number of ether oxygens (including phenoxy) is 1. The minimum absolute atomic E-state index is 0. The standard InChI is InChI=1S/C17H27N5O3.HI/c1-18-17(21(2)11-12-25-13-14-3-4-14)20-10-9-19-15-5-7-16(8-6-15)22(23)24;/h5-8,14,19H,3-4,9-13H2,1-2H3,(H,18,20);1H. The molecule has 2 N–H and O–H groups in total. The molecule has 0 atom stereocenters. The molecule has 1 saturated carbocycles. The molecule has 0 unspecified atom stereocenters. The molecule has 9 heteroatoms. The van der Waals surface area contributed by atoms with E-state index < -0.39 is 4.92 Å². The van der Waals surface area contributed by atoms with Gasteiger partial charge in [-0.15, -0.1) is 24.0 Å². The summed E-state index contributed by atoms with van der Waals surface area (Å²) in [5.41, 5.74) is 0.943. The molecule has 8 nitrogen and oxygen atoms in total. The number of nitro groups is 1. The molecule has 146 valence electrons. The highest BCUT2D eigenvalue weighted by Gasteiger charge is 2.21. The van der Waals surface area contributed by atoms with E-state index in [4.69, 9.17) is 4.74 Å². The predicted molar refractivity (Wildman–Crippen MR) is 115 cm³/mol. The third-order valence-electron chi connectivity index (χ3n) is 4.01. The molecule has 0 heterocycles. The van der Waals surface area contributed by atoms with E-state index in [1.54, 1.807) is 19.2 Å². The van der Waals surface area contributed by atoms with Gasteiger partial charge in [-0.25, -0.2) is 0 Å². The molecule has 0 amide bonds. The maximum Gasteiger partial charge on any atom is 0.269 e. The van der Waals surface area contributed by atoms with Crippen molar-refractivity contribution in [1.82, 2.24) is 10.2 Å². The van der Waals surface area contributed by atoms with Crippen molar-refractivity contribution in [3.8, 4) is 0 Å². The summed E-state index contributed by atoms with van der Waals surface area (Å²) in [6.07, 6.45) is 2.61. The minimum atomic E-state index is -0.403. The topological polar surface area (TPSA) is 92.0 Å². The lowest BCUT2D eigenvalue weighted by Crippen LogP contribution is -2.42. The normalized spacial score (nSPS) is 13.7. The van der Waals surface area contributed by atoms with E-state index in [0.29, 0.717) is 19.7 Å². The van der Waals surface area contributed by atoms with Gasteiger partial charge in [-0.3, -0.25) is 15.1 Å². The van der Waals surface area contributed by atoms with Crippen molar-refractivity contribution < 1.29 is 9.66 Å². The Kier molecular flexibility index (Phi) is 10.3. The highest BCUT2D eigenvalue weighted by molar-refractivity contribution is 14.0. The van der Waals surface area contributed by atoms with Crippen LogP contribution in [0.15, 0.2) is 29.3 Å².